The van der Waals surface area contributed by atoms with Crippen molar-refractivity contribution in [2.45, 2.75) is 6.54 Å². The minimum Gasteiger partial charge on any atom is -0.478 e. The third kappa shape index (κ3) is 4.45. The van der Waals surface area contributed by atoms with Gasteiger partial charge in [0.15, 0.2) is 9.84 Å². The van der Waals surface area contributed by atoms with Gasteiger partial charge in [-0.3, -0.25) is 4.90 Å². The zero-order valence-corrected chi connectivity index (χ0v) is 11.9. The lowest BCUT2D eigenvalue weighted by Crippen LogP contribution is -2.39. The van der Waals surface area contributed by atoms with Crippen molar-refractivity contribution < 1.29 is 18.3 Å². The van der Waals surface area contributed by atoms with Crippen LogP contribution in [0.3, 0.4) is 0 Å². The van der Waals surface area contributed by atoms with Crippen LogP contribution in [-0.4, -0.2) is 49.0 Å². The van der Waals surface area contributed by atoms with Crippen molar-refractivity contribution in [1.29, 1.82) is 0 Å². The molecule has 1 aliphatic heterocycles. The number of hydrogen-bond donors (Lipinski definition) is 1. The van der Waals surface area contributed by atoms with Crippen molar-refractivity contribution in [2.24, 2.45) is 0 Å². The minimum absolute atomic E-state index is 0.226. The largest absolute Gasteiger partial charge is 0.478 e. The number of sulfone groups is 1. The van der Waals surface area contributed by atoms with Gasteiger partial charge < -0.3 is 5.11 Å². The maximum atomic E-state index is 11.3. The van der Waals surface area contributed by atoms with Crippen LogP contribution in [-0.2, 0) is 21.2 Å². The lowest BCUT2D eigenvalue weighted by atomic mass is 10.2. The molecule has 104 valence electrons. The van der Waals surface area contributed by atoms with Gasteiger partial charge in [0.2, 0.25) is 0 Å². The number of aliphatic carboxylic acids is 1. The second kappa shape index (κ2) is 5.85. The van der Waals surface area contributed by atoms with E-state index in [1.54, 1.807) is 17.4 Å². The number of nitrogens with zero attached hydrogens (tertiary/aromatic N) is 1. The van der Waals surface area contributed by atoms with Gasteiger partial charge >= 0.3 is 5.97 Å². The number of carboxylic acid groups (broad SMARTS) is 1. The third-order valence-corrected chi connectivity index (χ3v) is 5.46. The second-order valence-corrected chi connectivity index (χ2v) is 7.75. The molecule has 0 saturated carbocycles. The fraction of sp³-hybridized carbons (Fsp3) is 0.417. The average molecular weight is 301 g/mol. The Balaban J connectivity index is 1.92. The minimum atomic E-state index is -2.84. The first-order valence-corrected chi connectivity index (χ1v) is 8.56. The second-order valence-electron chi connectivity index (χ2n) is 4.45. The predicted octanol–water partition coefficient (Wildman–Crippen LogP) is 1.08. The molecule has 0 bridgehead atoms. The van der Waals surface area contributed by atoms with Gasteiger partial charge in [-0.15, -0.1) is 11.3 Å². The van der Waals surface area contributed by atoms with Crippen LogP contribution in [0.25, 0.3) is 6.08 Å². The summed E-state index contributed by atoms with van der Waals surface area (Å²) in [5, 5.41) is 10.4. The van der Waals surface area contributed by atoms with Crippen molar-refractivity contribution in [3.05, 3.63) is 28.0 Å². The normalized spacial score (nSPS) is 19.8. The zero-order valence-electron chi connectivity index (χ0n) is 10.3. The van der Waals surface area contributed by atoms with Crippen molar-refractivity contribution in [1.82, 2.24) is 4.90 Å². The summed E-state index contributed by atoms with van der Waals surface area (Å²) in [5.41, 5.74) is 0.868. The first-order valence-electron chi connectivity index (χ1n) is 5.86. The molecule has 1 aromatic heterocycles. The van der Waals surface area contributed by atoms with Crippen LogP contribution >= 0.6 is 11.3 Å². The highest BCUT2D eigenvalue weighted by molar-refractivity contribution is 7.91. The Kier molecular flexibility index (Phi) is 4.38. The van der Waals surface area contributed by atoms with E-state index < -0.39 is 15.8 Å². The van der Waals surface area contributed by atoms with Crippen molar-refractivity contribution in [3.63, 3.8) is 0 Å². The molecule has 1 fully saturated rings. The molecule has 2 heterocycles. The monoisotopic (exact) mass is 301 g/mol. The SMILES string of the molecule is O=C(O)C=Cc1csc(CN2CCS(=O)(=O)CC2)c1. The molecule has 0 unspecified atom stereocenters. The highest BCUT2D eigenvalue weighted by Crippen LogP contribution is 2.19. The summed E-state index contributed by atoms with van der Waals surface area (Å²) in [5.74, 6) is -0.511. The van der Waals surface area contributed by atoms with Gasteiger partial charge in [-0.05, 0) is 23.1 Å². The van der Waals surface area contributed by atoms with Gasteiger partial charge in [0.25, 0.3) is 0 Å². The van der Waals surface area contributed by atoms with E-state index in [0.29, 0.717) is 13.1 Å². The van der Waals surface area contributed by atoms with E-state index in [1.165, 1.54) is 0 Å². The molecule has 0 amide bonds. The van der Waals surface area contributed by atoms with Crippen molar-refractivity contribution in [2.75, 3.05) is 24.6 Å². The van der Waals surface area contributed by atoms with Gasteiger partial charge in [-0.25, -0.2) is 13.2 Å². The molecule has 1 aliphatic rings. The topological polar surface area (TPSA) is 74.7 Å². The molecule has 5 nitrogen and oxygen atoms in total. The molecule has 0 aliphatic carbocycles. The number of hydrogen-bond acceptors (Lipinski definition) is 5. The predicted molar refractivity (Wildman–Crippen MR) is 74.9 cm³/mol. The Bertz CT molecular complexity index is 575. The Labute approximate surface area is 116 Å². The Morgan fingerprint density at radius 3 is 2.74 bits per heavy atom. The smallest absolute Gasteiger partial charge is 0.328 e. The summed E-state index contributed by atoms with van der Waals surface area (Å²) in [6.07, 6.45) is 2.67. The molecule has 2 rings (SSSR count). The summed E-state index contributed by atoms with van der Waals surface area (Å²) >= 11 is 1.56. The molecule has 1 saturated heterocycles. The van der Waals surface area contributed by atoms with E-state index in [0.717, 1.165) is 23.1 Å². The number of carbonyl (C=O) groups is 1. The fourth-order valence-electron chi connectivity index (χ4n) is 1.86. The standard InChI is InChI=1S/C12H15NO4S2/c14-12(15)2-1-10-7-11(18-9-10)8-13-3-5-19(16,17)6-4-13/h1-2,7,9H,3-6,8H2,(H,14,15). The van der Waals surface area contributed by atoms with Crippen LogP contribution < -0.4 is 0 Å². The van der Waals surface area contributed by atoms with Crippen LogP contribution in [0, 0.1) is 0 Å². The van der Waals surface area contributed by atoms with E-state index in [4.69, 9.17) is 5.11 Å². The summed E-state index contributed by atoms with van der Waals surface area (Å²) < 4.78 is 22.6. The summed E-state index contributed by atoms with van der Waals surface area (Å²) in [7, 11) is -2.84. The molecule has 19 heavy (non-hydrogen) atoms. The van der Waals surface area contributed by atoms with Crippen molar-refractivity contribution in [3.8, 4) is 0 Å². The molecule has 1 aromatic rings. The van der Waals surface area contributed by atoms with Crippen molar-refractivity contribution >= 4 is 33.2 Å². The summed E-state index contributed by atoms with van der Waals surface area (Å²) in [6, 6.07) is 1.94. The number of rotatable bonds is 4. The van der Waals surface area contributed by atoms with Crippen LogP contribution in [0.15, 0.2) is 17.5 Å². The first-order chi connectivity index (χ1) is 8.94. The molecule has 7 heteroatoms. The first kappa shape index (κ1) is 14.2. The van der Waals surface area contributed by atoms with E-state index in [9.17, 15) is 13.2 Å². The molecule has 0 aromatic carbocycles. The molecule has 1 N–H and O–H groups in total. The highest BCUT2D eigenvalue weighted by Gasteiger charge is 2.21. The van der Waals surface area contributed by atoms with Gasteiger partial charge in [0, 0.05) is 30.6 Å². The fourth-order valence-corrected chi connectivity index (χ4v) is 4.04. The third-order valence-electron chi connectivity index (χ3n) is 2.91. The highest BCUT2D eigenvalue weighted by atomic mass is 32.2. The molecule has 0 atom stereocenters. The quantitative estimate of drug-likeness (QED) is 0.842. The lowest BCUT2D eigenvalue weighted by molar-refractivity contribution is -0.131. The average Bonchev–Trinajstić information content (AvgIpc) is 2.77. The Morgan fingerprint density at radius 1 is 1.42 bits per heavy atom. The number of thiophene rings is 1. The van der Waals surface area contributed by atoms with E-state index in [1.807, 2.05) is 11.4 Å². The van der Waals surface area contributed by atoms with Gasteiger partial charge in [0.1, 0.15) is 0 Å². The van der Waals surface area contributed by atoms with Gasteiger partial charge in [0.05, 0.1) is 11.5 Å². The van der Waals surface area contributed by atoms with Crippen LogP contribution in [0.4, 0.5) is 0 Å². The van der Waals surface area contributed by atoms with E-state index in [2.05, 4.69) is 4.90 Å². The van der Waals surface area contributed by atoms with Gasteiger partial charge in [-0.2, -0.15) is 0 Å². The zero-order chi connectivity index (χ0) is 13.9. The Morgan fingerprint density at radius 2 is 2.11 bits per heavy atom. The molecule has 0 spiro atoms. The summed E-state index contributed by atoms with van der Waals surface area (Å²) in [4.78, 5) is 13.6. The lowest BCUT2D eigenvalue weighted by Gasteiger charge is -2.25. The molecular weight excluding hydrogens is 286 g/mol. The van der Waals surface area contributed by atoms with Gasteiger partial charge in [-0.1, -0.05) is 0 Å². The maximum Gasteiger partial charge on any atom is 0.328 e. The van der Waals surface area contributed by atoms with Crippen LogP contribution in [0.1, 0.15) is 10.4 Å². The van der Waals surface area contributed by atoms with E-state index in [-0.39, 0.29) is 11.5 Å². The molecular formula is C12H15NO4S2. The van der Waals surface area contributed by atoms with E-state index >= 15 is 0 Å². The van der Waals surface area contributed by atoms with Crippen LogP contribution in [0.2, 0.25) is 0 Å². The summed E-state index contributed by atoms with van der Waals surface area (Å²) in [6.45, 7) is 1.86. The number of carboxylic acids is 1. The maximum absolute atomic E-state index is 11.3. The molecule has 0 radical (unpaired) electrons. The Hall–Kier alpha value is -1.18. The van der Waals surface area contributed by atoms with Crippen LogP contribution in [0.5, 0.6) is 0 Å².